The SMILES string of the molecule is CCCCCc1no[n+]([O-])c1-c1ccccc1C. The standard InChI is InChI=1S/C14H18N2O2/c1-3-4-5-10-13-14(16(17)18-15-13)12-9-7-6-8-11(12)2/h6-9H,3-5,10H2,1-2H3. The number of nitrogens with zero attached hydrogens (tertiary/aromatic N) is 2. The molecule has 2 rings (SSSR count). The second-order valence-corrected chi connectivity index (χ2v) is 4.50. The van der Waals surface area contributed by atoms with Gasteiger partial charge in [0.1, 0.15) is 0 Å². The molecule has 1 heterocycles. The number of unbranched alkanes of at least 4 members (excludes halogenated alkanes) is 2. The molecule has 18 heavy (non-hydrogen) atoms. The Hall–Kier alpha value is -1.84. The van der Waals surface area contributed by atoms with Gasteiger partial charge in [0.2, 0.25) is 11.4 Å². The first kappa shape index (κ1) is 12.6. The van der Waals surface area contributed by atoms with Gasteiger partial charge in [-0.1, -0.05) is 44.0 Å². The number of aryl methyl sites for hydroxylation is 2. The molecular weight excluding hydrogens is 228 g/mol. The summed E-state index contributed by atoms with van der Waals surface area (Å²) in [5, 5.41) is 15.6. The molecule has 0 saturated heterocycles. The van der Waals surface area contributed by atoms with Crippen molar-refractivity contribution in [1.29, 1.82) is 0 Å². The van der Waals surface area contributed by atoms with Crippen LogP contribution in [0.5, 0.6) is 0 Å². The number of hydrogen-bond acceptors (Lipinski definition) is 3. The highest BCUT2D eigenvalue weighted by Gasteiger charge is 2.21. The zero-order valence-electron chi connectivity index (χ0n) is 10.8. The van der Waals surface area contributed by atoms with E-state index < -0.39 is 0 Å². The van der Waals surface area contributed by atoms with Crippen LogP contribution in [-0.2, 0) is 6.42 Å². The third kappa shape index (κ3) is 2.53. The molecule has 0 spiro atoms. The van der Waals surface area contributed by atoms with Gasteiger partial charge < -0.3 is 5.21 Å². The molecule has 0 N–H and O–H groups in total. The van der Waals surface area contributed by atoms with Crippen molar-refractivity contribution in [3.8, 4) is 11.3 Å². The second kappa shape index (κ2) is 5.67. The molecule has 0 aliphatic carbocycles. The lowest BCUT2D eigenvalue weighted by molar-refractivity contribution is -0.793. The van der Waals surface area contributed by atoms with E-state index in [-0.39, 0.29) is 0 Å². The summed E-state index contributed by atoms with van der Waals surface area (Å²) in [6, 6.07) is 7.79. The minimum absolute atomic E-state index is 0.517. The van der Waals surface area contributed by atoms with E-state index in [1.807, 2.05) is 31.2 Å². The summed E-state index contributed by atoms with van der Waals surface area (Å²) in [6.07, 6.45) is 4.10. The molecule has 1 aromatic heterocycles. The lowest BCUT2D eigenvalue weighted by atomic mass is 10.0. The highest BCUT2D eigenvalue weighted by Crippen LogP contribution is 2.23. The largest absolute Gasteiger partial charge is 0.359 e. The van der Waals surface area contributed by atoms with Crippen molar-refractivity contribution in [3.63, 3.8) is 0 Å². The third-order valence-electron chi connectivity index (χ3n) is 3.10. The maximum atomic E-state index is 11.7. The molecule has 96 valence electrons. The van der Waals surface area contributed by atoms with Gasteiger partial charge in [0.25, 0.3) is 0 Å². The predicted molar refractivity (Wildman–Crippen MR) is 68.9 cm³/mol. The van der Waals surface area contributed by atoms with Crippen molar-refractivity contribution >= 4 is 0 Å². The van der Waals surface area contributed by atoms with E-state index >= 15 is 0 Å². The topological polar surface area (TPSA) is 53.0 Å². The number of rotatable bonds is 5. The Balaban J connectivity index is 2.32. The molecule has 0 atom stereocenters. The van der Waals surface area contributed by atoms with Crippen LogP contribution in [-0.4, -0.2) is 5.16 Å². The molecule has 2 aromatic rings. The van der Waals surface area contributed by atoms with E-state index in [1.165, 1.54) is 0 Å². The smallest absolute Gasteiger partial charge is 0.229 e. The molecule has 0 amide bonds. The van der Waals surface area contributed by atoms with Crippen LogP contribution in [0.3, 0.4) is 0 Å². The summed E-state index contributed by atoms with van der Waals surface area (Å²) in [6.45, 7) is 4.14. The third-order valence-corrected chi connectivity index (χ3v) is 3.10. The van der Waals surface area contributed by atoms with Crippen LogP contribution >= 0.6 is 0 Å². The van der Waals surface area contributed by atoms with Crippen LogP contribution in [0.1, 0.15) is 37.4 Å². The highest BCUT2D eigenvalue weighted by atomic mass is 16.8. The van der Waals surface area contributed by atoms with E-state index in [4.69, 9.17) is 4.63 Å². The number of aromatic nitrogens is 2. The molecule has 0 bridgehead atoms. The quantitative estimate of drug-likeness (QED) is 0.602. The first-order valence-corrected chi connectivity index (χ1v) is 6.38. The van der Waals surface area contributed by atoms with Crippen LogP contribution in [0, 0.1) is 12.1 Å². The van der Waals surface area contributed by atoms with Gasteiger partial charge in [-0.25, -0.2) is 0 Å². The normalized spacial score (nSPS) is 10.8. The summed E-state index contributed by atoms with van der Waals surface area (Å²) in [7, 11) is 0. The van der Waals surface area contributed by atoms with Gasteiger partial charge in [0, 0.05) is 17.1 Å². The van der Waals surface area contributed by atoms with Gasteiger partial charge in [-0.2, -0.15) is 0 Å². The van der Waals surface area contributed by atoms with Gasteiger partial charge >= 0.3 is 0 Å². The Morgan fingerprint density at radius 3 is 2.78 bits per heavy atom. The van der Waals surface area contributed by atoms with Crippen molar-refractivity contribution in [2.45, 2.75) is 39.5 Å². The lowest BCUT2D eigenvalue weighted by Gasteiger charge is -2.02. The average molecular weight is 246 g/mol. The molecule has 0 radical (unpaired) electrons. The lowest BCUT2D eigenvalue weighted by Crippen LogP contribution is -2.26. The molecule has 4 nitrogen and oxygen atoms in total. The maximum absolute atomic E-state index is 11.7. The fourth-order valence-electron chi connectivity index (χ4n) is 2.07. The Labute approximate surface area is 107 Å². The molecule has 0 aliphatic heterocycles. The van der Waals surface area contributed by atoms with Crippen LogP contribution in [0.2, 0.25) is 0 Å². The fraction of sp³-hybridized carbons (Fsp3) is 0.429. The first-order chi connectivity index (χ1) is 8.74. The van der Waals surface area contributed by atoms with E-state index in [0.29, 0.717) is 10.6 Å². The minimum atomic E-state index is 0.517. The average Bonchev–Trinajstić information content (AvgIpc) is 2.72. The molecule has 0 fully saturated rings. The Bertz CT molecular complexity index is 520. The van der Waals surface area contributed by atoms with Gasteiger partial charge in [-0.15, -0.1) is 0 Å². The summed E-state index contributed by atoms with van der Waals surface area (Å²) < 4.78 is 4.75. The number of hydrogen-bond donors (Lipinski definition) is 0. The zero-order valence-corrected chi connectivity index (χ0v) is 10.8. The summed E-state index contributed by atoms with van der Waals surface area (Å²) in [5.41, 5.74) is 3.28. The predicted octanol–water partition coefficient (Wildman–Crippen LogP) is 3.02. The number of benzene rings is 1. The van der Waals surface area contributed by atoms with E-state index in [9.17, 15) is 5.21 Å². The van der Waals surface area contributed by atoms with Crippen LogP contribution in [0.4, 0.5) is 0 Å². The first-order valence-electron chi connectivity index (χ1n) is 6.38. The van der Waals surface area contributed by atoms with Gasteiger partial charge in [-0.05, 0) is 23.8 Å². The molecule has 0 aliphatic rings. The molecule has 0 saturated carbocycles. The molecule has 4 heteroatoms. The molecule has 0 unspecified atom stereocenters. The fourth-order valence-corrected chi connectivity index (χ4v) is 2.07. The van der Waals surface area contributed by atoms with E-state index in [1.54, 1.807) is 0 Å². The van der Waals surface area contributed by atoms with E-state index in [2.05, 4.69) is 12.1 Å². The highest BCUT2D eigenvalue weighted by molar-refractivity contribution is 5.62. The van der Waals surface area contributed by atoms with Crippen LogP contribution in [0.25, 0.3) is 11.3 Å². The van der Waals surface area contributed by atoms with Crippen LogP contribution in [0.15, 0.2) is 28.9 Å². The maximum Gasteiger partial charge on any atom is 0.229 e. The van der Waals surface area contributed by atoms with Crippen molar-refractivity contribution in [1.82, 2.24) is 5.16 Å². The molecular formula is C14H18N2O2. The van der Waals surface area contributed by atoms with Gasteiger partial charge in [0.15, 0.2) is 0 Å². The summed E-state index contributed by atoms with van der Waals surface area (Å²) in [5.74, 6) is 0. The Morgan fingerprint density at radius 1 is 1.28 bits per heavy atom. The van der Waals surface area contributed by atoms with Crippen LogP contribution < -0.4 is 4.90 Å². The van der Waals surface area contributed by atoms with Crippen molar-refractivity contribution in [2.75, 3.05) is 0 Å². The van der Waals surface area contributed by atoms with Crippen molar-refractivity contribution in [3.05, 3.63) is 40.7 Å². The molecule has 1 aromatic carbocycles. The monoisotopic (exact) mass is 246 g/mol. The minimum Gasteiger partial charge on any atom is -0.359 e. The van der Waals surface area contributed by atoms with Gasteiger partial charge in [0.05, 0.1) is 0 Å². The van der Waals surface area contributed by atoms with Crippen molar-refractivity contribution in [2.24, 2.45) is 0 Å². The zero-order chi connectivity index (χ0) is 13.0. The van der Waals surface area contributed by atoms with Gasteiger partial charge in [-0.3, -0.25) is 4.63 Å². The van der Waals surface area contributed by atoms with Crippen molar-refractivity contribution < 1.29 is 9.53 Å². The summed E-state index contributed by atoms with van der Waals surface area (Å²) in [4.78, 5) is 0.517. The Morgan fingerprint density at radius 2 is 2.06 bits per heavy atom. The summed E-state index contributed by atoms with van der Waals surface area (Å²) >= 11 is 0. The Kier molecular flexibility index (Phi) is 3.97. The van der Waals surface area contributed by atoms with E-state index in [0.717, 1.165) is 42.5 Å². The second-order valence-electron chi connectivity index (χ2n) is 4.50.